The van der Waals surface area contributed by atoms with Gasteiger partial charge in [-0.3, -0.25) is 0 Å². The summed E-state index contributed by atoms with van der Waals surface area (Å²) in [5, 5.41) is 0.752. The molecule has 0 bridgehead atoms. The van der Waals surface area contributed by atoms with E-state index in [1.807, 2.05) is 24.3 Å². The summed E-state index contributed by atoms with van der Waals surface area (Å²) in [7, 11) is 1.68. The molecule has 4 heteroatoms. The van der Waals surface area contributed by atoms with Gasteiger partial charge in [0.25, 0.3) is 0 Å². The van der Waals surface area contributed by atoms with Crippen LogP contribution in [0.15, 0.2) is 77.8 Å². The van der Waals surface area contributed by atoms with E-state index in [1.54, 1.807) is 7.11 Å². The summed E-state index contributed by atoms with van der Waals surface area (Å²) < 4.78 is 5.30. The largest absolute Gasteiger partial charge is 0.497 e. The highest BCUT2D eigenvalue weighted by Gasteiger charge is 2.36. The van der Waals surface area contributed by atoms with Crippen molar-refractivity contribution in [1.82, 2.24) is 0 Å². The second-order valence-electron chi connectivity index (χ2n) is 6.70. The molecule has 1 heterocycles. The first-order valence-electron chi connectivity index (χ1n) is 8.97. The van der Waals surface area contributed by atoms with Gasteiger partial charge in [0.05, 0.1) is 18.8 Å². The second-order valence-corrected chi connectivity index (χ2v) is 7.14. The highest BCUT2D eigenvalue weighted by molar-refractivity contribution is 6.30. The van der Waals surface area contributed by atoms with Crippen molar-refractivity contribution in [2.75, 3.05) is 12.0 Å². The Morgan fingerprint density at radius 2 is 1.59 bits per heavy atom. The van der Waals surface area contributed by atoms with Gasteiger partial charge in [0, 0.05) is 17.1 Å². The van der Waals surface area contributed by atoms with Gasteiger partial charge in [-0.15, -0.1) is 0 Å². The van der Waals surface area contributed by atoms with Crippen LogP contribution in [0.5, 0.6) is 5.75 Å². The zero-order valence-electron chi connectivity index (χ0n) is 15.4. The van der Waals surface area contributed by atoms with Crippen molar-refractivity contribution in [2.45, 2.75) is 19.4 Å². The van der Waals surface area contributed by atoms with E-state index in [0.29, 0.717) is 0 Å². The number of halogens is 1. The van der Waals surface area contributed by atoms with Crippen LogP contribution >= 0.6 is 11.6 Å². The molecule has 136 valence electrons. The molecule has 0 N–H and O–H groups in total. The lowest BCUT2D eigenvalue weighted by Crippen LogP contribution is -2.46. The first-order chi connectivity index (χ1) is 13.1. The van der Waals surface area contributed by atoms with E-state index in [1.165, 1.54) is 11.1 Å². The van der Waals surface area contributed by atoms with Crippen LogP contribution in [0, 0.1) is 6.92 Å². The van der Waals surface area contributed by atoms with Crippen LogP contribution in [-0.2, 0) is 0 Å². The molecule has 3 nitrogen and oxygen atoms in total. The Bertz CT molecular complexity index is 947. The summed E-state index contributed by atoms with van der Waals surface area (Å²) in [6.07, 6.45) is 0.890. The molecular weight excluding hydrogens is 356 g/mol. The maximum atomic E-state index is 6.06. The Morgan fingerprint density at radius 1 is 0.926 bits per heavy atom. The lowest BCUT2D eigenvalue weighted by Gasteiger charge is -2.44. The molecule has 3 aromatic carbocycles. The Morgan fingerprint density at radius 3 is 2.22 bits per heavy atom. The van der Waals surface area contributed by atoms with Crippen molar-refractivity contribution in [1.29, 1.82) is 0 Å². The standard InChI is InChI=1S/C23H21ClN2O/c1-16-3-9-19(10-4-16)25-23-15-22(17-5-7-18(24)8-6-17)26(23)20-11-13-21(27-2)14-12-20/h3-14,22H,15H2,1-2H3/b25-23+. The zero-order valence-corrected chi connectivity index (χ0v) is 16.1. The van der Waals surface area contributed by atoms with Crippen LogP contribution in [0.25, 0.3) is 0 Å². The SMILES string of the molecule is COc1ccc(N2/C(=N/c3ccc(C)cc3)CC2c2ccc(Cl)cc2)cc1. The number of benzene rings is 3. The van der Waals surface area contributed by atoms with E-state index in [2.05, 4.69) is 60.4 Å². The van der Waals surface area contributed by atoms with Crippen molar-refractivity contribution in [3.05, 3.63) is 88.9 Å². The molecular formula is C23H21ClN2O. The quantitative estimate of drug-likeness (QED) is 0.530. The molecule has 1 fully saturated rings. The van der Waals surface area contributed by atoms with Gasteiger partial charge in [-0.2, -0.15) is 0 Å². The van der Waals surface area contributed by atoms with Crippen LogP contribution in [0.4, 0.5) is 11.4 Å². The highest BCUT2D eigenvalue weighted by Crippen LogP contribution is 2.41. The number of ether oxygens (including phenoxy) is 1. The third kappa shape index (κ3) is 3.69. The molecule has 0 amide bonds. The molecule has 27 heavy (non-hydrogen) atoms. The third-order valence-corrected chi connectivity index (χ3v) is 5.12. The number of aryl methyl sites for hydroxylation is 1. The molecule has 1 saturated heterocycles. The third-order valence-electron chi connectivity index (χ3n) is 4.86. The van der Waals surface area contributed by atoms with E-state index >= 15 is 0 Å². The summed E-state index contributed by atoms with van der Waals surface area (Å²) >= 11 is 6.06. The minimum Gasteiger partial charge on any atom is -0.497 e. The fraction of sp³-hybridized carbons (Fsp3) is 0.174. The molecule has 4 rings (SSSR count). The Hall–Kier alpha value is -2.78. The lowest BCUT2D eigenvalue weighted by atomic mass is 9.92. The Kier molecular flexibility index (Phi) is 4.87. The summed E-state index contributed by atoms with van der Waals surface area (Å²) in [6.45, 7) is 2.08. The van der Waals surface area contributed by atoms with Gasteiger partial charge in [-0.25, -0.2) is 4.99 Å². The number of amidine groups is 1. The number of methoxy groups -OCH3 is 1. The molecule has 1 aliphatic heterocycles. The van der Waals surface area contributed by atoms with Crippen molar-refractivity contribution in [3.63, 3.8) is 0 Å². The number of aliphatic imine (C=N–C) groups is 1. The Balaban J connectivity index is 1.69. The second kappa shape index (κ2) is 7.45. The molecule has 1 unspecified atom stereocenters. The lowest BCUT2D eigenvalue weighted by molar-refractivity contribution is 0.415. The number of anilines is 1. The number of hydrogen-bond donors (Lipinski definition) is 0. The van der Waals surface area contributed by atoms with Gasteiger partial charge in [-0.1, -0.05) is 41.4 Å². The average molecular weight is 377 g/mol. The van der Waals surface area contributed by atoms with E-state index in [4.69, 9.17) is 21.3 Å². The smallest absolute Gasteiger partial charge is 0.119 e. The van der Waals surface area contributed by atoms with E-state index in [-0.39, 0.29) is 6.04 Å². The van der Waals surface area contributed by atoms with Crippen LogP contribution < -0.4 is 9.64 Å². The normalized spacial score (nSPS) is 17.7. The molecule has 0 radical (unpaired) electrons. The summed E-state index contributed by atoms with van der Waals surface area (Å²) in [6, 6.07) is 24.7. The summed E-state index contributed by atoms with van der Waals surface area (Å²) in [5.74, 6) is 1.91. The van der Waals surface area contributed by atoms with E-state index < -0.39 is 0 Å². The number of nitrogens with zero attached hydrogens (tertiary/aromatic N) is 2. The van der Waals surface area contributed by atoms with Gasteiger partial charge in [0.15, 0.2) is 0 Å². The summed E-state index contributed by atoms with van der Waals surface area (Å²) in [4.78, 5) is 7.16. The monoisotopic (exact) mass is 376 g/mol. The predicted molar refractivity (Wildman–Crippen MR) is 113 cm³/mol. The highest BCUT2D eigenvalue weighted by atomic mass is 35.5. The van der Waals surface area contributed by atoms with Gasteiger partial charge >= 0.3 is 0 Å². The van der Waals surface area contributed by atoms with Gasteiger partial charge in [0.2, 0.25) is 0 Å². The molecule has 1 aliphatic rings. The minimum atomic E-state index is 0.250. The van der Waals surface area contributed by atoms with Gasteiger partial charge in [-0.05, 0) is 61.0 Å². The molecule has 0 aromatic heterocycles. The minimum absolute atomic E-state index is 0.250. The maximum Gasteiger partial charge on any atom is 0.119 e. The van der Waals surface area contributed by atoms with Crippen LogP contribution in [-0.4, -0.2) is 12.9 Å². The van der Waals surface area contributed by atoms with Gasteiger partial charge in [0.1, 0.15) is 11.6 Å². The molecule has 0 aliphatic carbocycles. The first kappa shape index (κ1) is 17.6. The van der Waals surface area contributed by atoms with Crippen molar-refractivity contribution < 1.29 is 4.74 Å². The maximum absolute atomic E-state index is 6.06. The molecule has 0 spiro atoms. The van der Waals surface area contributed by atoms with Crippen LogP contribution in [0.3, 0.4) is 0 Å². The molecule has 3 aromatic rings. The topological polar surface area (TPSA) is 24.8 Å². The van der Waals surface area contributed by atoms with Crippen LogP contribution in [0.2, 0.25) is 5.02 Å². The van der Waals surface area contributed by atoms with E-state index in [0.717, 1.165) is 34.4 Å². The van der Waals surface area contributed by atoms with Crippen molar-refractivity contribution in [3.8, 4) is 5.75 Å². The fourth-order valence-electron chi connectivity index (χ4n) is 3.32. The number of hydrogen-bond acceptors (Lipinski definition) is 2. The molecule has 1 atom stereocenters. The first-order valence-corrected chi connectivity index (χ1v) is 9.35. The van der Waals surface area contributed by atoms with E-state index in [9.17, 15) is 0 Å². The number of rotatable bonds is 4. The van der Waals surface area contributed by atoms with Crippen molar-refractivity contribution >= 4 is 28.8 Å². The average Bonchev–Trinajstić information content (AvgIpc) is 2.68. The zero-order chi connectivity index (χ0) is 18.8. The van der Waals surface area contributed by atoms with Crippen molar-refractivity contribution in [2.24, 2.45) is 4.99 Å². The predicted octanol–water partition coefficient (Wildman–Crippen LogP) is 6.34. The Labute approximate surface area is 164 Å². The van der Waals surface area contributed by atoms with Gasteiger partial charge < -0.3 is 9.64 Å². The molecule has 0 saturated carbocycles. The summed E-state index contributed by atoms with van der Waals surface area (Å²) in [5.41, 5.74) is 4.55. The fourth-order valence-corrected chi connectivity index (χ4v) is 3.45. The van der Waals surface area contributed by atoms with Crippen LogP contribution in [0.1, 0.15) is 23.6 Å².